The van der Waals surface area contributed by atoms with Gasteiger partial charge in [-0.1, -0.05) is 43.3 Å². The molecule has 106 valence electrons. The Kier molecular flexibility index (Phi) is 3.20. The Morgan fingerprint density at radius 2 is 1.67 bits per heavy atom. The molecule has 0 aliphatic heterocycles. The largest absolute Gasteiger partial charge is 0.299 e. The van der Waals surface area contributed by atoms with Crippen LogP contribution in [-0.4, -0.2) is 17.3 Å². The molecule has 0 aromatic heterocycles. The van der Waals surface area contributed by atoms with Crippen LogP contribution in [0.5, 0.6) is 0 Å². The highest BCUT2D eigenvalue weighted by Crippen LogP contribution is 2.36. The van der Waals surface area contributed by atoms with Crippen molar-refractivity contribution in [3.8, 4) is 0 Å². The Bertz CT molecular complexity index is 722. The average Bonchev–Trinajstić information content (AvgIpc) is 2.64. The highest BCUT2D eigenvalue weighted by Gasteiger charge is 2.36. The van der Waals surface area contributed by atoms with E-state index in [1.54, 1.807) is 24.3 Å². The molecule has 1 unspecified atom stereocenters. The molecular weight excluding hydrogens is 264 g/mol. The van der Waals surface area contributed by atoms with Gasteiger partial charge in [-0.3, -0.25) is 14.4 Å². The first-order valence-corrected chi connectivity index (χ1v) is 7.11. The van der Waals surface area contributed by atoms with Crippen molar-refractivity contribution >= 4 is 17.3 Å². The number of ketones is 3. The Labute approximate surface area is 123 Å². The molecule has 2 atom stereocenters. The zero-order valence-electron chi connectivity index (χ0n) is 12.1. The number of hydrogen-bond donors (Lipinski definition) is 0. The second-order valence-electron chi connectivity index (χ2n) is 5.69. The predicted octanol–water partition coefficient (Wildman–Crippen LogP) is 3.16. The molecule has 3 nitrogen and oxygen atoms in total. The molecule has 2 aliphatic rings. The summed E-state index contributed by atoms with van der Waals surface area (Å²) in [6.45, 7) is 3.42. The van der Waals surface area contributed by atoms with Gasteiger partial charge in [0.25, 0.3) is 0 Å². The van der Waals surface area contributed by atoms with Crippen molar-refractivity contribution in [2.75, 3.05) is 0 Å². The van der Waals surface area contributed by atoms with Crippen molar-refractivity contribution < 1.29 is 14.4 Å². The number of hydrogen-bond acceptors (Lipinski definition) is 3. The third-order valence-electron chi connectivity index (χ3n) is 4.29. The molecule has 0 saturated carbocycles. The van der Waals surface area contributed by atoms with Crippen LogP contribution in [-0.2, 0) is 4.79 Å². The van der Waals surface area contributed by atoms with Crippen molar-refractivity contribution in [3.63, 3.8) is 0 Å². The fourth-order valence-corrected chi connectivity index (χ4v) is 3.09. The summed E-state index contributed by atoms with van der Waals surface area (Å²) >= 11 is 0. The lowest BCUT2D eigenvalue weighted by atomic mass is 9.78. The zero-order chi connectivity index (χ0) is 15.1. The second kappa shape index (κ2) is 4.92. The van der Waals surface area contributed by atoms with Crippen LogP contribution >= 0.6 is 0 Å². The Hall–Kier alpha value is -2.29. The molecule has 3 heteroatoms. The molecule has 0 radical (unpaired) electrons. The highest BCUT2D eigenvalue weighted by molar-refractivity contribution is 6.27. The second-order valence-corrected chi connectivity index (χ2v) is 5.69. The van der Waals surface area contributed by atoms with Crippen LogP contribution in [0.1, 0.15) is 41.0 Å². The van der Waals surface area contributed by atoms with E-state index in [1.807, 2.05) is 19.1 Å². The third kappa shape index (κ3) is 2.09. The summed E-state index contributed by atoms with van der Waals surface area (Å²) in [6, 6.07) is 6.91. The van der Waals surface area contributed by atoms with Gasteiger partial charge in [-0.2, -0.15) is 0 Å². The van der Waals surface area contributed by atoms with Gasteiger partial charge in [0.05, 0.1) is 0 Å². The molecule has 0 spiro atoms. The number of rotatable bonds is 1. The fraction of sp³-hybridized carbons (Fsp3) is 0.278. The van der Waals surface area contributed by atoms with Crippen LogP contribution in [0.15, 0.2) is 47.6 Å². The van der Waals surface area contributed by atoms with Crippen molar-refractivity contribution in [2.45, 2.75) is 20.3 Å². The molecule has 1 aromatic rings. The number of allylic oxidation sites excluding steroid dienone is 4. The number of fused-ring (bicyclic) bond motifs is 1. The molecule has 3 rings (SSSR count). The summed E-state index contributed by atoms with van der Waals surface area (Å²) in [5.74, 6) is -0.633. The van der Waals surface area contributed by atoms with Crippen LogP contribution in [0.25, 0.3) is 0 Å². The minimum Gasteiger partial charge on any atom is -0.299 e. The van der Waals surface area contributed by atoms with Gasteiger partial charge in [0.15, 0.2) is 11.6 Å². The predicted molar refractivity (Wildman–Crippen MR) is 79.2 cm³/mol. The zero-order valence-corrected chi connectivity index (χ0v) is 12.1. The molecule has 0 bridgehead atoms. The third-order valence-corrected chi connectivity index (χ3v) is 4.29. The highest BCUT2D eigenvalue weighted by atomic mass is 16.1. The van der Waals surface area contributed by atoms with Crippen molar-refractivity contribution in [2.24, 2.45) is 11.8 Å². The number of Topliss-reactive ketones (excluding diaryl/α,β-unsaturated/α-hetero) is 3. The number of carbonyl (C=O) groups excluding carboxylic acids is 3. The van der Waals surface area contributed by atoms with Crippen molar-refractivity contribution in [1.82, 2.24) is 0 Å². The molecule has 1 aromatic carbocycles. The minimum atomic E-state index is -0.318. The monoisotopic (exact) mass is 280 g/mol. The van der Waals surface area contributed by atoms with E-state index >= 15 is 0 Å². The van der Waals surface area contributed by atoms with E-state index in [1.165, 1.54) is 6.92 Å². The van der Waals surface area contributed by atoms with E-state index in [-0.39, 0.29) is 29.2 Å². The molecule has 2 aliphatic carbocycles. The maximum absolute atomic E-state index is 12.7. The summed E-state index contributed by atoms with van der Waals surface area (Å²) in [5.41, 5.74) is 2.00. The number of carbonyl (C=O) groups is 3. The van der Waals surface area contributed by atoms with Gasteiger partial charge in [0.2, 0.25) is 0 Å². The van der Waals surface area contributed by atoms with Crippen LogP contribution < -0.4 is 0 Å². The normalized spacial score (nSPS) is 24.5. The number of benzene rings is 1. The summed E-state index contributed by atoms with van der Waals surface area (Å²) < 4.78 is 0. The SMILES string of the molecule is CC(=O)[C@H]1C=CC(C)C2=C(C1)C(=O)c1ccccc1C2=O. The van der Waals surface area contributed by atoms with E-state index in [2.05, 4.69) is 0 Å². The van der Waals surface area contributed by atoms with Gasteiger partial charge in [0, 0.05) is 34.1 Å². The smallest absolute Gasteiger partial charge is 0.190 e. The summed E-state index contributed by atoms with van der Waals surface area (Å²) in [5, 5.41) is 0. The minimum absolute atomic E-state index is 0.0197. The molecule has 0 fully saturated rings. The maximum atomic E-state index is 12.7. The molecule has 0 heterocycles. The standard InChI is InChI=1S/C18H16O3/c1-10-7-8-12(11(2)19)9-15-16(10)18(21)14-6-4-3-5-13(14)17(15)20/h3-8,10,12H,9H2,1-2H3/t10?,12-/m0/s1. The van der Waals surface area contributed by atoms with Gasteiger partial charge < -0.3 is 0 Å². The van der Waals surface area contributed by atoms with Crippen LogP contribution in [0.4, 0.5) is 0 Å². The topological polar surface area (TPSA) is 51.2 Å². The Morgan fingerprint density at radius 3 is 2.29 bits per heavy atom. The molecular formula is C18H16O3. The lowest BCUT2D eigenvalue weighted by Crippen LogP contribution is -2.25. The van der Waals surface area contributed by atoms with E-state index < -0.39 is 0 Å². The van der Waals surface area contributed by atoms with Gasteiger partial charge in [0.1, 0.15) is 5.78 Å². The summed E-state index contributed by atoms with van der Waals surface area (Å²) in [4.78, 5) is 37.1. The first-order chi connectivity index (χ1) is 10.0. The fourth-order valence-electron chi connectivity index (χ4n) is 3.09. The van der Waals surface area contributed by atoms with Gasteiger partial charge >= 0.3 is 0 Å². The first kappa shape index (κ1) is 13.7. The van der Waals surface area contributed by atoms with E-state index in [9.17, 15) is 14.4 Å². The van der Waals surface area contributed by atoms with E-state index in [0.717, 1.165) is 0 Å². The van der Waals surface area contributed by atoms with Gasteiger partial charge in [-0.15, -0.1) is 0 Å². The van der Waals surface area contributed by atoms with Crippen molar-refractivity contribution in [1.29, 1.82) is 0 Å². The Balaban J connectivity index is 2.17. The van der Waals surface area contributed by atoms with Gasteiger partial charge in [-0.25, -0.2) is 0 Å². The van der Waals surface area contributed by atoms with Crippen molar-refractivity contribution in [3.05, 3.63) is 58.7 Å². The lowest BCUT2D eigenvalue weighted by Gasteiger charge is -2.23. The average molecular weight is 280 g/mol. The Morgan fingerprint density at radius 1 is 1.05 bits per heavy atom. The molecule has 21 heavy (non-hydrogen) atoms. The van der Waals surface area contributed by atoms with E-state index in [0.29, 0.717) is 28.7 Å². The van der Waals surface area contributed by atoms with Crippen LogP contribution in [0.2, 0.25) is 0 Å². The lowest BCUT2D eigenvalue weighted by molar-refractivity contribution is -0.119. The first-order valence-electron chi connectivity index (χ1n) is 7.11. The molecule has 0 amide bonds. The van der Waals surface area contributed by atoms with E-state index in [4.69, 9.17) is 0 Å². The molecule has 0 saturated heterocycles. The quantitative estimate of drug-likeness (QED) is 0.742. The molecule has 0 N–H and O–H groups in total. The summed E-state index contributed by atoms with van der Waals surface area (Å²) in [7, 11) is 0. The van der Waals surface area contributed by atoms with Crippen LogP contribution in [0.3, 0.4) is 0 Å². The van der Waals surface area contributed by atoms with Gasteiger partial charge in [-0.05, 0) is 13.3 Å². The maximum Gasteiger partial charge on any atom is 0.190 e. The van der Waals surface area contributed by atoms with Crippen LogP contribution in [0, 0.1) is 11.8 Å². The summed E-state index contributed by atoms with van der Waals surface area (Å²) in [6.07, 6.45) is 4.02.